The first-order valence-electron chi connectivity index (χ1n) is 6.26. The first-order valence-corrected chi connectivity index (χ1v) is 6.26. The van der Waals surface area contributed by atoms with E-state index in [0.717, 1.165) is 25.0 Å². The summed E-state index contributed by atoms with van der Waals surface area (Å²) in [6, 6.07) is 3.05. The number of hydrogen-bond donors (Lipinski definition) is 1. The summed E-state index contributed by atoms with van der Waals surface area (Å²) >= 11 is 0. The fourth-order valence-corrected chi connectivity index (χ4v) is 1.97. The number of rotatable bonds is 7. The van der Waals surface area contributed by atoms with Crippen LogP contribution < -0.4 is 5.73 Å². The van der Waals surface area contributed by atoms with Crippen molar-refractivity contribution in [2.24, 2.45) is 11.7 Å². The van der Waals surface area contributed by atoms with E-state index in [2.05, 4.69) is 0 Å². The highest BCUT2D eigenvalue weighted by atomic mass is 19.1. The van der Waals surface area contributed by atoms with Crippen molar-refractivity contribution in [3.63, 3.8) is 0 Å². The molecule has 1 atom stereocenters. The number of ketones is 1. The topological polar surface area (TPSA) is 43.1 Å². The van der Waals surface area contributed by atoms with E-state index >= 15 is 0 Å². The number of carbonyl (C=O) groups excluding carboxylic acids is 1. The summed E-state index contributed by atoms with van der Waals surface area (Å²) in [4.78, 5) is 11.8. The molecule has 0 heterocycles. The second-order valence-electron chi connectivity index (χ2n) is 4.44. The van der Waals surface area contributed by atoms with Gasteiger partial charge in [-0.3, -0.25) is 4.79 Å². The molecule has 0 radical (unpaired) electrons. The van der Waals surface area contributed by atoms with Crippen LogP contribution in [0.2, 0.25) is 0 Å². The van der Waals surface area contributed by atoms with Gasteiger partial charge in [0.05, 0.1) is 5.56 Å². The zero-order valence-corrected chi connectivity index (χ0v) is 10.6. The average Bonchev–Trinajstić information content (AvgIpc) is 2.34. The van der Waals surface area contributed by atoms with E-state index in [-0.39, 0.29) is 17.8 Å². The maximum atomic E-state index is 13.4. The lowest BCUT2D eigenvalue weighted by Crippen LogP contribution is -2.11. The largest absolute Gasteiger partial charge is 0.330 e. The molecule has 0 aliphatic rings. The summed E-state index contributed by atoms with van der Waals surface area (Å²) in [5.74, 6) is -1.34. The van der Waals surface area contributed by atoms with Gasteiger partial charge in [0.1, 0.15) is 11.6 Å². The van der Waals surface area contributed by atoms with Crippen molar-refractivity contribution < 1.29 is 13.6 Å². The zero-order valence-electron chi connectivity index (χ0n) is 10.6. The standard InChI is InChI=1S/C14H19F2NO/c1-2-10(7-8-17)3-6-14(18)12-5-4-11(15)9-13(12)16/h4-5,9-10H,2-3,6-8,17H2,1H3. The summed E-state index contributed by atoms with van der Waals surface area (Å²) in [5, 5.41) is 0. The quantitative estimate of drug-likeness (QED) is 0.760. The van der Waals surface area contributed by atoms with Gasteiger partial charge in [0.2, 0.25) is 0 Å². The highest BCUT2D eigenvalue weighted by molar-refractivity contribution is 5.96. The normalized spacial score (nSPS) is 12.4. The Balaban J connectivity index is 2.59. The molecular weight excluding hydrogens is 236 g/mol. The van der Waals surface area contributed by atoms with Crippen molar-refractivity contribution in [3.05, 3.63) is 35.4 Å². The monoisotopic (exact) mass is 255 g/mol. The van der Waals surface area contributed by atoms with Crippen LogP contribution in [0.1, 0.15) is 43.0 Å². The molecule has 0 saturated heterocycles. The van der Waals surface area contributed by atoms with Crippen molar-refractivity contribution in [2.75, 3.05) is 6.54 Å². The van der Waals surface area contributed by atoms with E-state index in [9.17, 15) is 13.6 Å². The van der Waals surface area contributed by atoms with Crippen LogP contribution >= 0.6 is 0 Å². The van der Waals surface area contributed by atoms with Gasteiger partial charge in [-0.1, -0.05) is 13.3 Å². The molecule has 0 aliphatic heterocycles. The Kier molecular flexibility index (Phi) is 5.92. The Bertz CT molecular complexity index is 407. The van der Waals surface area contributed by atoms with E-state index in [4.69, 9.17) is 5.73 Å². The van der Waals surface area contributed by atoms with Gasteiger partial charge in [0.25, 0.3) is 0 Å². The summed E-state index contributed by atoms with van der Waals surface area (Å²) in [6.45, 7) is 2.64. The molecule has 1 rings (SSSR count). The zero-order chi connectivity index (χ0) is 13.5. The van der Waals surface area contributed by atoms with Crippen molar-refractivity contribution in [1.82, 2.24) is 0 Å². The van der Waals surface area contributed by atoms with Crippen LogP contribution in [0.25, 0.3) is 0 Å². The summed E-state index contributed by atoms with van der Waals surface area (Å²) in [7, 11) is 0. The third-order valence-corrected chi connectivity index (χ3v) is 3.16. The molecule has 1 aromatic carbocycles. The number of nitrogens with two attached hydrogens (primary N) is 1. The molecule has 0 spiro atoms. The molecule has 4 heteroatoms. The summed E-state index contributed by atoms with van der Waals surface area (Å²) in [6.07, 6.45) is 2.80. The van der Waals surface area contributed by atoms with Gasteiger partial charge in [0.15, 0.2) is 5.78 Å². The maximum Gasteiger partial charge on any atom is 0.165 e. The van der Waals surface area contributed by atoms with Gasteiger partial charge in [-0.15, -0.1) is 0 Å². The van der Waals surface area contributed by atoms with E-state index < -0.39 is 11.6 Å². The van der Waals surface area contributed by atoms with Crippen LogP contribution in [-0.2, 0) is 0 Å². The Morgan fingerprint density at radius 1 is 1.33 bits per heavy atom. The van der Waals surface area contributed by atoms with Crippen LogP contribution in [0.15, 0.2) is 18.2 Å². The highest BCUT2D eigenvalue weighted by Gasteiger charge is 2.14. The molecule has 1 unspecified atom stereocenters. The number of Topliss-reactive ketones (excluding diaryl/α,β-unsaturated/α-hetero) is 1. The fourth-order valence-electron chi connectivity index (χ4n) is 1.97. The minimum atomic E-state index is -0.785. The van der Waals surface area contributed by atoms with E-state index in [1.54, 1.807) is 0 Å². The summed E-state index contributed by atoms with van der Waals surface area (Å²) in [5.41, 5.74) is 5.45. The molecular formula is C14H19F2NO. The molecule has 100 valence electrons. The van der Waals surface area contributed by atoms with Crippen molar-refractivity contribution in [1.29, 1.82) is 0 Å². The van der Waals surface area contributed by atoms with Crippen molar-refractivity contribution >= 4 is 5.78 Å². The minimum Gasteiger partial charge on any atom is -0.330 e. The van der Waals surface area contributed by atoms with Gasteiger partial charge < -0.3 is 5.73 Å². The van der Waals surface area contributed by atoms with E-state index in [1.807, 2.05) is 6.92 Å². The molecule has 0 amide bonds. The smallest absolute Gasteiger partial charge is 0.165 e. The Morgan fingerprint density at radius 3 is 2.61 bits per heavy atom. The minimum absolute atomic E-state index is 0.0287. The van der Waals surface area contributed by atoms with Crippen LogP contribution in [0.4, 0.5) is 8.78 Å². The molecule has 0 aromatic heterocycles. The lowest BCUT2D eigenvalue weighted by molar-refractivity contribution is 0.0968. The van der Waals surface area contributed by atoms with Gasteiger partial charge in [0, 0.05) is 12.5 Å². The Morgan fingerprint density at radius 2 is 2.06 bits per heavy atom. The molecule has 18 heavy (non-hydrogen) atoms. The first kappa shape index (κ1) is 14.8. The number of benzene rings is 1. The molecule has 0 saturated carbocycles. The number of hydrogen-bond acceptors (Lipinski definition) is 2. The summed E-state index contributed by atoms with van der Waals surface area (Å²) < 4.78 is 26.1. The second kappa shape index (κ2) is 7.21. The predicted molar refractivity (Wildman–Crippen MR) is 67.4 cm³/mol. The van der Waals surface area contributed by atoms with Crippen molar-refractivity contribution in [2.45, 2.75) is 32.6 Å². The molecule has 0 fully saturated rings. The molecule has 2 N–H and O–H groups in total. The SMILES string of the molecule is CCC(CCN)CCC(=O)c1ccc(F)cc1F. The van der Waals surface area contributed by atoms with Gasteiger partial charge in [-0.05, 0) is 37.4 Å². The van der Waals surface area contributed by atoms with Gasteiger partial charge >= 0.3 is 0 Å². The molecule has 2 nitrogen and oxygen atoms in total. The predicted octanol–water partition coefficient (Wildman–Crippen LogP) is 3.30. The van der Waals surface area contributed by atoms with E-state index in [0.29, 0.717) is 18.9 Å². The van der Waals surface area contributed by atoms with Gasteiger partial charge in [-0.2, -0.15) is 0 Å². The molecule has 0 aliphatic carbocycles. The molecule has 0 bridgehead atoms. The van der Waals surface area contributed by atoms with Gasteiger partial charge in [-0.25, -0.2) is 8.78 Å². The Labute approximate surface area is 106 Å². The highest BCUT2D eigenvalue weighted by Crippen LogP contribution is 2.18. The van der Waals surface area contributed by atoms with Crippen LogP contribution in [0, 0.1) is 17.6 Å². The number of carbonyl (C=O) groups is 1. The van der Waals surface area contributed by atoms with Crippen molar-refractivity contribution in [3.8, 4) is 0 Å². The molecule has 1 aromatic rings. The van der Waals surface area contributed by atoms with Crippen LogP contribution in [0.3, 0.4) is 0 Å². The van der Waals surface area contributed by atoms with Crippen LogP contribution in [-0.4, -0.2) is 12.3 Å². The maximum absolute atomic E-state index is 13.4. The number of halogens is 2. The van der Waals surface area contributed by atoms with E-state index in [1.165, 1.54) is 6.07 Å². The van der Waals surface area contributed by atoms with Crippen LogP contribution in [0.5, 0.6) is 0 Å². The lowest BCUT2D eigenvalue weighted by atomic mass is 9.94. The lowest BCUT2D eigenvalue weighted by Gasteiger charge is -2.12. The first-order chi connectivity index (χ1) is 8.58. The average molecular weight is 255 g/mol. The third kappa shape index (κ3) is 4.18. The second-order valence-corrected chi connectivity index (χ2v) is 4.44. The fraction of sp³-hybridized carbons (Fsp3) is 0.500. The Hall–Kier alpha value is -1.29. The third-order valence-electron chi connectivity index (χ3n) is 3.16.